The summed E-state index contributed by atoms with van der Waals surface area (Å²) in [5.74, 6) is 0.444. The van der Waals surface area contributed by atoms with Crippen LogP contribution in [0.25, 0.3) is 0 Å². The lowest BCUT2D eigenvalue weighted by Gasteiger charge is -2.11. The fourth-order valence-corrected chi connectivity index (χ4v) is 4.51. The molecule has 1 fully saturated rings. The van der Waals surface area contributed by atoms with Crippen LogP contribution in [0.1, 0.15) is 22.5 Å². The number of nitrogens with zero attached hydrogens (tertiary/aromatic N) is 2. The van der Waals surface area contributed by atoms with Gasteiger partial charge >= 0.3 is 0 Å². The van der Waals surface area contributed by atoms with Crippen LogP contribution in [0.2, 0.25) is 5.02 Å². The smallest absolute Gasteiger partial charge is 0.271 e. The molecule has 3 rings (SSSR count). The van der Waals surface area contributed by atoms with Gasteiger partial charge < -0.3 is 10.6 Å². The average molecular weight is 395 g/mol. The molecule has 7 nitrogen and oxygen atoms in total. The molecular formula is C17H19ClN4O3S. The minimum atomic E-state index is -2.95. The second-order valence-electron chi connectivity index (χ2n) is 6.18. The maximum Gasteiger partial charge on any atom is 0.271 e. The van der Waals surface area contributed by atoms with Gasteiger partial charge in [0, 0.05) is 17.6 Å². The quantitative estimate of drug-likeness (QED) is 0.773. The van der Waals surface area contributed by atoms with E-state index in [9.17, 15) is 13.2 Å². The Morgan fingerprint density at radius 2 is 1.92 bits per heavy atom. The van der Waals surface area contributed by atoms with Crippen LogP contribution in [0.4, 0.5) is 5.82 Å². The Bertz CT molecular complexity index is 870. The molecule has 0 radical (unpaired) electrons. The third-order valence-corrected chi connectivity index (χ3v) is 6.11. The summed E-state index contributed by atoms with van der Waals surface area (Å²) in [6.45, 7) is 0.474. The maximum absolute atomic E-state index is 12.1. The van der Waals surface area contributed by atoms with Crippen molar-refractivity contribution in [1.29, 1.82) is 0 Å². The predicted octanol–water partition coefficient (Wildman–Crippen LogP) is 1.70. The van der Waals surface area contributed by atoms with Gasteiger partial charge in [-0.2, -0.15) is 0 Å². The minimum Gasteiger partial charge on any atom is -0.365 e. The Balaban J connectivity index is 1.48. The highest BCUT2D eigenvalue weighted by Crippen LogP contribution is 2.15. The first-order valence-corrected chi connectivity index (χ1v) is 10.4. The Morgan fingerprint density at radius 1 is 1.15 bits per heavy atom. The van der Waals surface area contributed by atoms with Crippen molar-refractivity contribution in [3.8, 4) is 0 Å². The van der Waals surface area contributed by atoms with Crippen molar-refractivity contribution in [3.63, 3.8) is 0 Å². The number of sulfone groups is 1. The monoisotopic (exact) mass is 394 g/mol. The largest absolute Gasteiger partial charge is 0.365 e. The molecule has 0 bridgehead atoms. The van der Waals surface area contributed by atoms with E-state index in [4.69, 9.17) is 11.6 Å². The number of carbonyl (C=O) groups is 1. The number of halogens is 1. The van der Waals surface area contributed by atoms with Gasteiger partial charge in [-0.05, 0) is 42.7 Å². The maximum atomic E-state index is 12.1. The van der Waals surface area contributed by atoms with Gasteiger partial charge in [-0.25, -0.2) is 8.42 Å². The van der Waals surface area contributed by atoms with E-state index in [0.29, 0.717) is 30.2 Å². The summed E-state index contributed by atoms with van der Waals surface area (Å²) in [7, 11) is -2.95. The number of hydrogen-bond acceptors (Lipinski definition) is 6. The summed E-state index contributed by atoms with van der Waals surface area (Å²) in [6.07, 6.45) is 1.24. The molecule has 1 aromatic heterocycles. The number of rotatable bonds is 6. The van der Waals surface area contributed by atoms with Gasteiger partial charge in [0.1, 0.15) is 5.82 Å². The first-order chi connectivity index (χ1) is 12.4. The molecule has 1 saturated heterocycles. The second kappa shape index (κ2) is 8.01. The highest BCUT2D eigenvalue weighted by atomic mass is 35.5. The second-order valence-corrected chi connectivity index (χ2v) is 8.85. The van der Waals surface area contributed by atoms with Gasteiger partial charge in [-0.15, -0.1) is 10.2 Å². The number of anilines is 1. The van der Waals surface area contributed by atoms with Crippen LogP contribution >= 0.6 is 11.6 Å². The summed E-state index contributed by atoms with van der Waals surface area (Å²) in [5, 5.41) is 14.4. The van der Waals surface area contributed by atoms with Crippen LogP contribution in [0, 0.1) is 0 Å². The lowest BCUT2D eigenvalue weighted by atomic mass is 10.1. The summed E-state index contributed by atoms with van der Waals surface area (Å²) < 4.78 is 22.9. The zero-order chi connectivity index (χ0) is 18.6. The van der Waals surface area contributed by atoms with Crippen molar-refractivity contribution in [2.45, 2.75) is 18.9 Å². The van der Waals surface area contributed by atoms with Crippen molar-refractivity contribution < 1.29 is 13.2 Å². The molecule has 26 heavy (non-hydrogen) atoms. The lowest BCUT2D eigenvalue weighted by molar-refractivity contribution is 0.0948. The number of nitrogens with one attached hydrogen (secondary N) is 2. The molecule has 0 aliphatic carbocycles. The Labute approximate surface area is 157 Å². The molecule has 2 aromatic rings. The summed E-state index contributed by atoms with van der Waals surface area (Å²) >= 11 is 5.84. The molecule has 0 saturated carbocycles. The third kappa shape index (κ3) is 5.15. The van der Waals surface area contributed by atoms with Gasteiger partial charge in [-0.1, -0.05) is 23.7 Å². The average Bonchev–Trinajstić information content (AvgIpc) is 2.96. The van der Waals surface area contributed by atoms with Crippen LogP contribution in [-0.4, -0.2) is 48.6 Å². The van der Waals surface area contributed by atoms with Gasteiger partial charge in [0.05, 0.1) is 11.5 Å². The first-order valence-electron chi connectivity index (χ1n) is 8.25. The molecule has 1 unspecified atom stereocenters. The molecular weight excluding hydrogens is 376 g/mol. The Hall–Kier alpha value is -2.19. The van der Waals surface area contributed by atoms with Crippen LogP contribution < -0.4 is 10.6 Å². The molecule has 138 valence electrons. The molecule has 2 N–H and O–H groups in total. The van der Waals surface area contributed by atoms with E-state index in [0.717, 1.165) is 5.56 Å². The van der Waals surface area contributed by atoms with E-state index >= 15 is 0 Å². The molecule has 1 aliphatic rings. The molecule has 1 amide bonds. The predicted molar refractivity (Wildman–Crippen MR) is 100 cm³/mol. The van der Waals surface area contributed by atoms with E-state index in [-0.39, 0.29) is 29.1 Å². The molecule has 9 heteroatoms. The third-order valence-electron chi connectivity index (χ3n) is 4.09. The van der Waals surface area contributed by atoms with Crippen molar-refractivity contribution in [3.05, 3.63) is 52.7 Å². The molecule has 2 heterocycles. The topological polar surface area (TPSA) is 101 Å². The van der Waals surface area contributed by atoms with Crippen molar-refractivity contribution in [2.75, 3.05) is 23.4 Å². The van der Waals surface area contributed by atoms with E-state index in [1.807, 2.05) is 24.3 Å². The van der Waals surface area contributed by atoms with Crippen LogP contribution in [-0.2, 0) is 16.3 Å². The molecule has 1 atom stereocenters. The first kappa shape index (κ1) is 18.6. The number of carbonyl (C=O) groups excluding carboxylic acids is 1. The number of aromatic nitrogens is 2. The van der Waals surface area contributed by atoms with Crippen molar-refractivity contribution in [2.24, 2.45) is 0 Å². The van der Waals surface area contributed by atoms with Crippen LogP contribution in [0.15, 0.2) is 36.4 Å². The minimum absolute atomic E-state index is 0.0988. The van der Waals surface area contributed by atoms with Gasteiger partial charge in [0.15, 0.2) is 15.5 Å². The highest BCUT2D eigenvalue weighted by Gasteiger charge is 2.28. The zero-order valence-electron chi connectivity index (χ0n) is 14.0. The van der Waals surface area contributed by atoms with Crippen LogP contribution in [0.3, 0.4) is 0 Å². The van der Waals surface area contributed by atoms with Crippen molar-refractivity contribution in [1.82, 2.24) is 15.5 Å². The number of hydrogen-bond donors (Lipinski definition) is 2. The normalized spacial score (nSPS) is 18.4. The van der Waals surface area contributed by atoms with E-state index in [1.165, 1.54) is 0 Å². The molecule has 0 spiro atoms. The fourth-order valence-electron chi connectivity index (χ4n) is 2.71. The molecule has 1 aliphatic heterocycles. The van der Waals surface area contributed by atoms with Gasteiger partial charge in [-0.3, -0.25) is 4.79 Å². The van der Waals surface area contributed by atoms with Crippen LogP contribution in [0.5, 0.6) is 0 Å². The highest BCUT2D eigenvalue weighted by molar-refractivity contribution is 7.91. The van der Waals surface area contributed by atoms with E-state index in [1.54, 1.807) is 12.1 Å². The standard InChI is InChI=1S/C17H19ClN4O3S/c18-13-3-1-12(2-4-13)7-9-19-17(23)15-5-6-16(22-21-15)20-14-8-10-26(24,25)11-14/h1-6,14H,7-11H2,(H,19,23)(H,20,22). The summed E-state index contributed by atoms with van der Waals surface area (Å²) in [6, 6.07) is 10.5. The SMILES string of the molecule is O=C(NCCc1ccc(Cl)cc1)c1ccc(NC2CCS(=O)(=O)C2)nn1. The Morgan fingerprint density at radius 3 is 2.54 bits per heavy atom. The van der Waals surface area contributed by atoms with Gasteiger partial charge in [0.2, 0.25) is 0 Å². The summed E-state index contributed by atoms with van der Waals surface area (Å²) in [5.41, 5.74) is 1.29. The van der Waals surface area contributed by atoms with E-state index < -0.39 is 9.84 Å². The number of amides is 1. The zero-order valence-corrected chi connectivity index (χ0v) is 15.6. The lowest BCUT2D eigenvalue weighted by Crippen LogP contribution is -2.27. The summed E-state index contributed by atoms with van der Waals surface area (Å²) in [4.78, 5) is 12.1. The molecule has 1 aromatic carbocycles. The van der Waals surface area contributed by atoms with Gasteiger partial charge in [0.25, 0.3) is 5.91 Å². The Kier molecular flexibility index (Phi) is 5.73. The van der Waals surface area contributed by atoms with Crippen molar-refractivity contribution >= 4 is 33.2 Å². The number of benzene rings is 1. The van der Waals surface area contributed by atoms with E-state index in [2.05, 4.69) is 20.8 Å². The fraction of sp³-hybridized carbons (Fsp3) is 0.353.